The van der Waals surface area contributed by atoms with Crippen LogP contribution in [0.25, 0.3) is 0 Å². The van der Waals surface area contributed by atoms with Gasteiger partial charge in [-0.25, -0.2) is 0 Å². The first-order chi connectivity index (χ1) is 12.1. The van der Waals surface area contributed by atoms with Gasteiger partial charge in [-0.1, -0.05) is 23.7 Å². The lowest BCUT2D eigenvalue weighted by molar-refractivity contribution is -0.142. The third-order valence-electron chi connectivity index (χ3n) is 5.13. The molecule has 0 radical (unpaired) electrons. The van der Waals surface area contributed by atoms with Crippen LogP contribution in [0.3, 0.4) is 0 Å². The van der Waals surface area contributed by atoms with E-state index < -0.39 is 5.60 Å². The van der Waals surface area contributed by atoms with Gasteiger partial charge in [-0.05, 0) is 49.8 Å². The molecule has 3 rings (SSSR count). The Morgan fingerprint density at radius 2 is 2.00 bits per heavy atom. The summed E-state index contributed by atoms with van der Waals surface area (Å²) in [7, 11) is 0. The number of halogens is 1. The zero-order chi connectivity index (χ0) is 17.7. The molecule has 0 aliphatic carbocycles. The molecule has 138 valence electrons. The van der Waals surface area contributed by atoms with Crippen LogP contribution in [0.2, 0.25) is 5.02 Å². The van der Waals surface area contributed by atoms with Crippen LogP contribution >= 0.6 is 11.6 Å². The molecule has 2 fully saturated rings. The van der Waals surface area contributed by atoms with E-state index in [2.05, 4.69) is 0 Å². The molecule has 0 spiro atoms. The van der Waals surface area contributed by atoms with E-state index in [1.165, 1.54) is 0 Å². The maximum absolute atomic E-state index is 12.3. The van der Waals surface area contributed by atoms with Gasteiger partial charge in [0.25, 0.3) is 0 Å². The average molecular weight is 368 g/mol. The first-order valence-electron chi connectivity index (χ1n) is 9.02. The second-order valence-electron chi connectivity index (χ2n) is 6.92. The quantitative estimate of drug-likeness (QED) is 0.869. The third kappa shape index (κ3) is 4.94. The van der Waals surface area contributed by atoms with Crippen LogP contribution in [0.4, 0.5) is 0 Å². The van der Waals surface area contributed by atoms with Crippen molar-refractivity contribution in [2.24, 2.45) is 0 Å². The van der Waals surface area contributed by atoms with Crippen LogP contribution in [0.5, 0.6) is 0 Å². The Kier molecular flexibility index (Phi) is 6.34. The number of carbonyl (C=O) groups excluding carboxylic acids is 1. The number of benzene rings is 1. The van der Waals surface area contributed by atoms with Gasteiger partial charge in [0.1, 0.15) is 6.61 Å². The molecule has 0 unspecified atom stereocenters. The molecule has 0 aromatic heterocycles. The summed E-state index contributed by atoms with van der Waals surface area (Å²) in [6, 6.07) is 7.28. The Morgan fingerprint density at radius 3 is 2.64 bits per heavy atom. The zero-order valence-corrected chi connectivity index (χ0v) is 15.2. The smallest absolute Gasteiger partial charge is 0.248 e. The van der Waals surface area contributed by atoms with E-state index in [0.29, 0.717) is 37.6 Å². The molecule has 2 saturated heterocycles. The van der Waals surface area contributed by atoms with Gasteiger partial charge in [0.2, 0.25) is 5.91 Å². The van der Waals surface area contributed by atoms with Gasteiger partial charge < -0.3 is 19.5 Å². The molecule has 2 heterocycles. The third-order valence-corrected chi connectivity index (χ3v) is 5.38. The minimum Gasteiger partial charge on any atom is -0.385 e. The lowest BCUT2D eigenvalue weighted by Gasteiger charge is -2.38. The van der Waals surface area contributed by atoms with Crippen LogP contribution in [0.15, 0.2) is 24.3 Å². The van der Waals surface area contributed by atoms with E-state index in [1.54, 1.807) is 17.0 Å². The number of ether oxygens (including phenoxy) is 2. The fourth-order valence-electron chi connectivity index (χ4n) is 3.48. The number of rotatable bonds is 5. The lowest BCUT2D eigenvalue weighted by Crippen LogP contribution is -2.46. The summed E-state index contributed by atoms with van der Waals surface area (Å²) in [5, 5.41) is 11.5. The maximum atomic E-state index is 12.3. The van der Waals surface area contributed by atoms with Crippen molar-refractivity contribution in [3.63, 3.8) is 0 Å². The molecule has 0 saturated carbocycles. The predicted octanol–water partition coefficient (Wildman–Crippen LogP) is 2.74. The van der Waals surface area contributed by atoms with Crippen LogP contribution in [-0.2, 0) is 19.9 Å². The molecular weight excluding hydrogens is 342 g/mol. The fraction of sp³-hybridized carbons (Fsp3) is 0.632. The maximum Gasteiger partial charge on any atom is 0.248 e. The van der Waals surface area contributed by atoms with Crippen LogP contribution < -0.4 is 0 Å². The number of aliphatic hydroxyl groups is 1. The summed E-state index contributed by atoms with van der Waals surface area (Å²) in [5.41, 5.74) is -0.0345. The van der Waals surface area contributed by atoms with Crippen LogP contribution in [0, 0.1) is 0 Å². The number of nitrogens with zero attached hydrogens (tertiary/aromatic N) is 1. The summed E-state index contributed by atoms with van der Waals surface area (Å²) in [6.45, 7) is 2.41. The second kappa shape index (κ2) is 8.49. The molecule has 1 aromatic rings. The summed E-state index contributed by atoms with van der Waals surface area (Å²) in [5.74, 6) is -0.0195. The van der Waals surface area contributed by atoms with E-state index in [9.17, 15) is 9.90 Å². The molecular formula is C19H26ClNO4. The van der Waals surface area contributed by atoms with Crippen molar-refractivity contribution >= 4 is 17.5 Å². The molecule has 1 N–H and O–H groups in total. The molecule has 2 aliphatic rings. The van der Waals surface area contributed by atoms with E-state index in [0.717, 1.165) is 31.4 Å². The lowest BCUT2D eigenvalue weighted by atomic mass is 9.84. The van der Waals surface area contributed by atoms with Crippen molar-refractivity contribution < 1.29 is 19.4 Å². The first kappa shape index (κ1) is 18.6. The van der Waals surface area contributed by atoms with Crippen molar-refractivity contribution in [1.82, 2.24) is 4.90 Å². The summed E-state index contributed by atoms with van der Waals surface area (Å²) in [6.07, 6.45) is 4.44. The second-order valence-corrected chi connectivity index (χ2v) is 7.36. The molecule has 5 nitrogen and oxygen atoms in total. The number of carbonyl (C=O) groups is 1. The Labute approximate surface area is 153 Å². The minimum atomic E-state index is -0.891. The van der Waals surface area contributed by atoms with E-state index in [1.807, 2.05) is 12.1 Å². The topological polar surface area (TPSA) is 59.0 Å². The van der Waals surface area contributed by atoms with Gasteiger partial charge in [-0.15, -0.1) is 0 Å². The fourth-order valence-corrected chi connectivity index (χ4v) is 3.61. The molecule has 25 heavy (non-hydrogen) atoms. The number of hydrogen-bond donors (Lipinski definition) is 1. The first-order valence-corrected chi connectivity index (χ1v) is 9.40. The Balaban J connectivity index is 1.43. The van der Waals surface area contributed by atoms with Gasteiger partial charge in [0.05, 0.1) is 18.3 Å². The average Bonchev–Trinajstić information content (AvgIpc) is 2.63. The van der Waals surface area contributed by atoms with E-state index >= 15 is 0 Å². The summed E-state index contributed by atoms with van der Waals surface area (Å²) < 4.78 is 11.1. The monoisotopic (exact) mass is 367 g/mol. The molecule has 1 aromatic carbocycles. The van der Waals surface area contributed by atoms with Crippen molar-refractivity contribution in [3.8, 4) is 0 Å². The standard InChI is InChI=1S/C19H26ClNO4/c20-16-6-4-15(5-7-16)19(23)8-10-21(11-9-19)18(22)14-24-13-17-3-1-2-12-25-17/h4-7,17,23H,1-3,8-14H2/t17-/m1/s1. The number of amides is 1. The largest absolute Gasteiger partial charge is 0.385 e. The normalized spacial score (nSPS) is 23.4. The molecule has 0 bridgehead atoms. The Bertz CT molecular complexity index is 563. The molecule has 6 heteroatoms. The van der Waals surface area contributed by atoms with Crippen LogP contribution in [-0.4, -0.2) is 54.9 Å². The number of piperidine rings is 1. The van der Waals surface area contributed by atoms with Gasteiger partial charge in [-0.2, -0.15) is 0 Å². The predicted molar refractivity (Wildman–Crippen MR) is 95.6 cm³/mol. The van der Waals surface area contributed by atoms with Crippen molar-refractivity contribution in [3.05, 3.63) is 34.9 Å². The van der Waals surface area contributed by atoms with Crippen LogP contribution in [0.1, 0.15) is 37.7 Å². The number of hydrogen-bond acceptors (Lipinski definition) is 4. The zero-order valence-electron chi connectivity index (χ0n) is 14.5. The number of likely N-dealkylation sites (tertiary alicyclic amines) is 1. The highest BCUT2D eigenvalue weighted by molar-refractivity contribution is 6.30. The van der Waals surface area contributed by atoms with Gasteiger partial charge in [0.15, 0.2) is 0 Å². The summed E-state index contributed by atoms with van der Waals surface area (Å²) >= 11 is 5.91. The highest BCUT2D eigenvalue weighted by Crippen LogP contribution is 2.33. The van der Waals surface area contributed by atoms with Gasteiger partial charge in [0, 0.05) is 24.7 Å². The van der Waals surface area contributed by atoms with Gasteiger partial charge >= 0.3 is 0 Å². The SMILES string of the molecule is O=C(COC[C@H]1CCCCO1)N1CCC(O)(c2ccc(Cl)cc2)CC1. The summed E-state index contributed by atoms with van der Waals surface area (Å²) in [4.78, 5) is 14.1. The van der Waals surface area contributed by atoms with Gasteiger partial charge in [-0.3, -0.25) is 4.79 Å². The molecule has 1 amide bonds. The molecule has 2 aliphatic heterocycles. The Hall–Kier alpha value is -1.14. The van der Waals surface area contributed by atoms with Crippen molar-refractivity contribution in [1.29, 1.82) is 0 Å². The highest BCUT2D eigenvalue weighted by atomic mass is 35.5. The minimum absolute atomic E-state index is 0.0195. The van der Waals surface area contributed by atoms with E-state index in [4.69, 9.17) is 21.1 Å². The highest BCUT2D eigenvalue weighted by Gasteiger charge is 2.35. The van der Waals surface area contributed by atoms with Crippen molar-refractivity contribution in [2.75, 3.05) is 32.9 Å². The van der Waals surface area contributed by atoms with E-state index in [-0.39, 0.29) is 18.6 Å². The molecule has 1 atom stereocenters. The Morgan fingerprint density at radius 1 is 1.28 bits per heavy atom. The van der Waals surface area contributed by atoms with Crippen molar-refractivity contribution in [2.45, 2.75) is 43.8 Å².